The quantitative estimate of drug-likeness (QED) is 0.558. The van der Waals surface area contributed by atoms with Crippen molar-refractivity contribution in [3.63, 3.8) is 0 Å². The minimum atomic E-state index is 0.132. The first kappa shape index (κ1) is 13.4. The molecule has 0 fully saturated rings. The second-order valence-electron chi connectivity index (χ2n) is 4.16. The van der Waals surface area contributed by atoms with E-state index in [2.05, 4.69) is 17.2 Å². The van der Waals surface area contributed by atoms with Crippen LogP contribution < -0.4 is 0 Å². The number of benzene rings is 1. The summed E-state index contributed by atoms with van der Waals surface area (Å²) in [4.78, 5) is 11.6. The summed E-state index contributed by atoms with van der Waals surface area (Å²) in [5.41, 5.74) is 1.78. The van der Waals surface area contributed by atoms with E-state index in [1.807, 2.05) is 32.2 Å². The molecule has 0 saturated heterocycles. The van der Waals surface area contributed by atoms with Gasteiger partial charge in [0.15, 0.2) is 5.78 Å². The van der Waals surface area contributed by atoms with E-state index in [4.69, 9.17) is 0 Å². The summed E-state index contributed by atoms with van der Waals surface area (Å²) < 4.78 is 0. The lowest BCUT2D eigenvalue weighted by molar-refractivity contribution is -0.113. The van der Waals surface area contributed by atoms with Crippen LogP contribution in [0.3, 0.4) is 0 Å². The summed E-state index contributed by atoms with van der Waals surface area (Å²) in [5.74, 6) is 0.132. The van der Waals surface area contributed by atoms with E-state index in [0.717, 1.165) is 13.0 Å². The van der Waals surface area contributed by atoms with Crippen molar-refractivity contribution in [2.75, 3.05) is 7.05 Å². The monoisotopic (exact) mass is 232 g/mol. The molecule has 3 nitrogen and oxygen atoms in total. The van der Waals surface area contributed by atoms with Crippen molar-refractivity contribution in [2.24, 2.45) is 5.10 Å². The summed E-state index contributed by atoms with van der Waals surface area (Å²) in [7, 11) is 1.88. The lowest BCUT2D eigenvalue weighted by atomic mass is 10.2. The lowest BCUT2D eigenvalue weighted by Gasteiger charge is -2.14. The third-order valence-electron chi connectivity index (χ3n) is 2.46. The minimum Gasteiger partial charge on any atom is -0.295 e. The predicted molar refractivity (Wildman–Crippen MR) is 70.9 cm³/mol. The molecule has 0 aliphatic carbocycles. The number of hydrogen-bond donors (Lipinski definition) is 0. The molecule has 0 bridgehead atoms. The molecule has 0 heterocycles. The molecule has 0 atom stereocenters. The van der Waals surface area contributed by atoms with Crippen LogP contribution >= 0.6 is 0 Å². The third-order valence-corrected chi connectivity index (χ3v) is 2.46. The predicted octanol–water partition coefficient (Wildman–Crippen LogP) is 2.86. The van der Waals surface area contributed by atoms with Gasteiger partial charge in [-0.25, -0.2) is 0 Å². The molecule has 0 amide bonds. The topological polar surface area (TPSA) is 32.7 Å². The maximum atomic E-state index is 11.6. The molecule has 0 aliphatic heterocycles. The number of Topliss-reactive ketones (excluding diaryl/α,β-unsaturated/α-hetero) is 1. The van der Waals surface area contributed by atoms with Gasteiger partial charge in [0.2, 0.25) is 0 Å². The van der Waals surface area contributed by atoms with Crippen molar-refractivity contribution < 1.29 is 4.79 Å². The van der Waals surface area contributed by atoms with Crippen LogP contribution in [-0.2, 0) is 11.3 Å². The molecule has 0 saturated carbocycles. The number of carbonyl (C=O) groups excluding carboxylic acids is 1. The first-order valence-corrected chi connectivity index (χ1v) is 5.97. The Morgan fingerprint density at radius 1 is 1.29 bits per heavy atom. The van der Waals surface area contributed by atoms with Gasteiger partial charge >= 0.3 is 0 Å². The molecule has 1 rings (SSSR count). The zero-order valence-electron chi connectivity index (χ0n) is 10.8. The fourth-order valence-corrected chi connectivity index (χ4v) is 1.60. The molecule has 0 aliphatic rings. The normalized spacial score (nSPS) is 11.4. The number of rotatable bonds is 6. The maximum Gasteiger partial charge on any atom is 0.178 e. The Bertz CT molecular complexity index is 384. The van der Waals surface area contributed by atoms with Gasteiger partial charge in [-0.05, 0) is 18.9 Å². The molecular weight excluding hydrogens is 212 g/mol. The Balaban J connectivity index is 2.56. The van der Waals surface area contributed by atoms with E-state index in [9.17, 15) is 4.79 Å². The molecule has 0 aromatic heterocycles. The van der Waals surface area contributed by atoms with E-state index in [-0.39, 0.29) is 5.78 Å². The molecule has 17 heavy (non-hydrogen) atoms. The van der Waals surface area contributed by atoms with Crippen molar-refractivity contribution in [3.8, 4) is 0 Å². The molecule has 0 unspecified atom stereocenters. The van der Waals surface area contributed by atoms with Crippen molar-refractivity contribution >= 4 is 11.5 Å². The summed E-state index contributed by atoms with van der Waals surface area (Å²) in [6, 6.07) is 10.1. The maximum absolute atomic E-state index is 11.6. The van der Waals surface area contributed by atoms with Crippen LogP contribution in [0.25, 0.3) is 0 Å². The van der Waals surface area contributed by atoms with Crippen LogP contribution in [0, 0.1) is 0 Å². The van der Waals surface area contributed by atoms with Gasteiger partial charge in [0.05, 0.1) is 6.54 Å². The van der Waals surface area contributed by atoms with Crippen LogP contribution in [0.4, 0.5) is 0 Å². The zero-order valence-corrected chi connectivity index (χ0v) is 10.8. The van der Waals surface area contributed by atoms with Gasteiger partial charge in [0, 0.05) is 13.5 Å². The SMILES string of the molecule is CCCC(=O)/C(C)=N/N(C)Cc1ccccc1. The second kappa shape index (κ2) is 6.84. The standard InChI is InChI=1S/C14H20N2O/c1-4-8-14(17)12(2)15-16(3)11-13-9-6-5-7-10-13/h5-7,9-10H,4,8,11H2,1-3H3/b15-12+. The fraction of sp³-hybridized carbons (Fsp3) is 0.429. The highest BCUT2D eigenvalue weighted by Gasteiger charge is 2.05. The summed E-state index contributed by atoms with van der Waals surface area (Å²) in [6.07, 6.45) is 1.45. The van der Waals surface area contributed by atoms with Gasteiger partial charge in [-0.15, -0.1) is 0 Å². The summed E-state index contributed by atoms with van der Waals surface area (Å²) >= 11 is 0. The second-order valence-corrected chi connectivity index (χ2v) is 4.16. The van der Waals surface area contributed by atoms with Crippen molar-refractivity contribution in [1.29, 1.82) is 0 Å². The number of nitrogens with zero attached hydrogens (tertiary/aromatic N) is 2. The number of hydrogen-bond acceptors (Lipinski definition) is 3. The highest BCUT2D eigenvalue weighted by molar-refractivity contribution is 6.38. The largest absolute Gasteiger partial charge is 0.295 e. The Morgan fingerprint density at radius 3 is 2.53 bits per heavy atom. The number of ketones is 1. The summed E-state index contributed by atoms with van der Waals surface area (Å²) in [5, 5.41) is 6.09. The Labute approximate surface area is 103 Å². The van der Waals surface area contributed by atoms with Crippen LogP contribution in [0.2, 0.25) is 0 Å². The highest BCUT2D eigenvalue weighted by atomic mass is 16.1. The van der Waals surface area contributed by atoms with Gasteiger partial charge in [0.25, 0.3) is 0 Å². The molecule has 0 radical (unpaired) electrons. The van der Waals surface area contributed by atoms with E-state index in [1.165, 1.54) is 5.56 Å². The zero-order chi connectivity index (χ0) is 12.7. The minimum absolute atomic E-state index is 0.132. The molecular formula is C14H20N2O. The van der Waals surface area contributed by atoms with Crippen LogP contribution in [0.5, 0.6) is 0 Å². The third kappa shape index (κ3) is 4.81. The first-order valence-electron chi connectivity index (χ1n) is 5.97. The van der Waals surface area contributed by atoms with Gasteiger partial charge in [0.1, 0.15) is 5.71 Å². The van der Waals surface area contributed by atoms with E-state index in [0.29, 0.717) is 12.1 Å². The van der Waals surface area contributed by atoms with E-state index < -0.39 is 0 Å². The summed E-state index contributed by atoms with van der Waals surface area (Å²) in [6.45, 7) is 4.50. The molecule has 92 valence electrons. The van der Waals surface area contributed by atoms with Crippen molar-refractivity contribution in [3.05, 3.63) is 35.9 Å². The van der Waals surface area contributed by atoms with E-state index >= 15 is 0 Å². The molecule has 0 N–H and O–H groups in total. The Morgan fingerprint density at radius 2 is 1.94 bits per heavy atom. The Kier molecular flexibility index (Phi) is 5.40. The highest BCUT2D eigenvalue weighted by Crippen LogP contribution is 2.03. The number of carbonyl (C=O) groups is 1. The average Bonchev–Trinajstić information content (AvgIpc) is 2.30. The molecule has 0 spiro atoms. The van der Waals surface area contributed by atoms with Crippen LogP contribution in [0.15, 0.2) is 35.4 Å². The van der Waals surface area contributed by atoms with E-state index in [1.54, 1.807) is 11.9 Å². The molecule has 3 heteroatoms. The molecule has 1 aromatic carbocycles. The van der Waals surface area contributed by atoms with Crippen molar-refractivity contribution in [1.82, 2.24) is 5.01 Å². The van der Waals surface area contributed by atoms with Crippen LogP contribution in [-0.4, -0.2) is 23.6 Å². The number of hydrazone groups is 1. The average molecular weight is 232 g/mol. The Hall–Kier alpha value is -1.64. The van der Waals surface area contributed by atoms with Gasteiger partial charge < -0.3 is 0 Å². The van der Waals surface area contributed by atoms with Crippen molar-refractivity contribution in [2.45, 2.75) is 33.2 Å². The van der Waals surface area contributed by atoms with Gasteiger partial charge in [-0.1, -0.05) is 37.3 Å². The molecule has 1 aromatic rings. The first-order chi connectivity index (χ1) is 8.13. The van der Waals surface area contributed by atoms with Gasteiger partial charge in [-0.3, -0.25) is 9.80 Å². The van der Waals surface area contributed by atoms with Crippen LogP contribution in [0.1, 0.15) is 32.3 Å². The smallest absolute Gasteiger partial charge is 0.178 e. The lowest BCUT2D eigenvalue weighted by Crippen LogP contribution is -2.17. The fourth-order valence-electron chi connectivity index (χ4n) is 1.60. The van der Waals surface area contributed by atoms with Gasteiger partial charge in [-0.2, -0.15) is 5.10 Å².